The van der Waals surface area contributed by atoms with Crippen molar-refractivity contribution in [2.75, 3.05) is 26.7 Å². The highest BCUT2D eigenvalue weighted by Crippen LogP contribution is 2.09. The molecule has 0 saturated heterocycles. The highest BCUT2D eigenvalue weighted by atomic mass is 127. The molecule has 0 saturated carbocycles. The summed E-state index contributed by atoms with van der Waals surface area (Å²) in [4.78, 5) is 17.9. The number of thiophene rings is 1. The fourth-order valence-electron chi connectivity index (χ4n) is 3.00. The zero-order valence-electron chi connectivity index (χ0n) is 17.6. The molecule has 0 radical (unpaired) electrons. The summed E-state index contributed by atoms with van der Waals surface area (Å²) < 4.78 is 5.39. The minimum absolute atomic E-state index is 0. The smallest absolute Gasteiger partial charge is 0.251 e. The molecule has 0 atom stereocenters. The van der Waals surface area contributed by atoms with Crippen LogP contribution in [0.15, 0.2) is 69.6 Å². The molecule has 0 unspecified atom stereocenters. The Kier molecular flexibility index (Phi) is 11.2. The predicted molar refractivity (Wildman–Crippen MR) is 138 cm³/mol. The average molecular weight is 552 g/mol. The molecular weight excluding hydrogens is 523 g/mol. The third kappa shape index (κ3) is 8.74. The molecule has 6 nitrogen and oxygen atoms in total. The molecule has 8 heteroatoms. The van der Waals surface area contributed by atoms with Crippen LogP contribution in [-0.4, -0.2) is 38.5 Å². The van der Waals surface area contributed by atoms with Crippen LogP contribution in [-0.2, 0) is 19.3 Å². The first kappa shape index (κ1) is 24.9. The number of aliphatic imine (C=N–C) groups is 1. The Morgan fingerprint density at radius 1 is 1.03 bits per heavy atom. The lowest BCUT2D eigenvalue weighted by atomic mass is 10.1. The second kappa shape index (κ2) is 13.9. The summed E-state index contributed by atoms with van der Waals surface area (Å²) in [7, 11) is 1.64. The predicted octanol–water partition coefficient (Wildman–Crippen LogP) is 3.88. The number of hydrogen-bond donors (Lipinski definition) is 3. The minimum atomic E-state index is -0.0692. The van der Waals surface area contributed by atoms with Gasteiger partial charge in [0.15, 0.2) is 5.96 Å². The molecule has 0 aliphatic heterocycles. The number of guanidine groups is 1. The number of halogens is 1. The van der Waals surface area contributed by atoms with E-state index < -0.39 is 0 Å². The van der Waals surface area contributed by atoms with Crippen molar-refractivity contribution >= 4 is 47.2 Å². The van der Waals surface area contributed by atoms with Gasteiger partial charge < -0.3 is 20.4 Å². The third-order valence-electron chi connectivity index (χ3n) is 4.57. The summed E-state index contributed by atoms with van der Waals surface area (Å²) in [5, 5.41) is 11.5. The van der Waals surface area contributed by atoms with Crippen LogP contribution in [0.2, 0.25) is 0 Å². The van der Waals surface area contributed by atoms with Crippen LogP contribution in [0.1, 0.15) is 26.6 Å². The van der Waals surface area contributed by atoms with Crippen molar-refractivity contribution in [2.45, 2.75) is 19.3 Å². The first-order chi connectivity index (χ1) is 14.7. The van der Waals surface area contributed by atoms with Gasteiger partial charge >= 0.3 is 0 Å². The second-order valence-electron chi connectivity index (χ2n) is 6.77. The van der Waals surface area contributed by atoms with Gasteiger partial charge in [0.2, 0.25) is 0 Å². The third-order valence-corrected chi connectivity index (χ3v) is 5.51. The van der Waals surface area contributed by atoms with Crippen LogP contribution in [0.5, 0.6) is 0 Å². The Morgan fingerprint density at radius 2 is 1.87 bits per heavy atom. The Labute approximate surface area is 204 Å². The lowest BCUT2D eigenvalue weighted by molar-refractivity contribution is 0.0963. The summed E-state index contributed by atoms with van der Waals surface area (Å²) in [6.45, 7) is 2.19. The summed E-state index contributed by atoms with van der Waals surface area (Å²) in [6.07, 6.45) is 4.22. The molecule has 1 aromatic carbocycles. The van der Waals surface area contributed by atoms with Crippen molar-refractivity contribution in [3.05, 3.63) is 81.9 Å². The van der Waals surface area contributed by atoms with Crippen LogP contribution in [0.3, 0.4) is 0 Å². The van der Waals surface area contributed by atoms with Crippen LogP contribution in [0, 0.1) is 0 Å². The summed E-state index contributed by atoms with van der Waals surface area (Å²) in [6, 6.07) is 15.8. The number of benzene rings is 1. The van der Waals surface area contributed by atoms with Gasteiger partial charge in [0.25, 0.3) is 5.91 Å². The van der Waals surface area contributed by atoms with Gasteiger partial charge in [-0.3, -0.25) is 9.79 Å². The molecule has 1 amide bonds. The fraction of sp³-hybridized carbons (Fsp3) is 0.304. The van der Waals surface area contributed by atoms with E-state index in [-0.39, 0.29) is 29.9 Å². The second-order valence-corrected chi connectivity index (χ2v) is 7.80. The first-order valence-electron chi connectivity index (χ1n) is 10.1. The van der Waals surface area contributed by atoms with Crippen LogP contribution >= 0.6 is 35.3 Å². The topological polar surface area (TPSA) is 78.7 Å². The number of amides is 1. The maximum atomic E-state index is 11.8. The Balaban J connectivity index is 0.00000341. The average Bonchev–Trinajstić information content (AvgIpc) is 3.47. The van der Waals surface area contributed by atoms with Crippen molar-refractivity contribution in [3.63, 3.8) is 0 Å². The quantitative estimate of drug-likeness (QED) is 0.203. The van der Waals surface area contributed by atoms with E-state index in [4.69, 9.17) is 9.41 Å². The molecule has 3 aromatic rings. The van der Waals surface area contributed by atoms with Gasteiger partial charge in [-0.1, -0.05) is 18.2 Å². The molecule has 3 rings (SSSR count). The molecule has 0 aliphatic rings. The number of nitrogens with zero attached hydrogens (tertiary/aromatic N) is 1. The van der Waals surface area contributed by atoms with E-state index in [0.717, 1.165) is 56.2 Å². The number of nitrogens with one attached hydrogen (secondary N) is 3. The monoisotopic (exact) mass is 552 g/mol. The van der Waals surface area contributed by atoms with E-state index in [9.17, 15) is 4.79 Å². The highest BCUT2D eigenvalue weighted by Gasteiger charge is 2.05. The maximum Gasteiger partial charge on any atom is 0.251 e. The summed E-state index contributed by atoms with van der Waals surface area (Å²) in [5.74, 6) is 1.67. The van der Waals surface area contributed by atoms with Gasteiger partial charge in [-0.05, 0) is 47.7 Å². The molecule has 2 heterocycles. The van der Waals surface area contributed by atoms with Crippen molar-refractivity contribution in [1.29, 1.82) is 0 Å². The number of hydrogen-bond acceptors (Lipinski definition) is 4. The lowest BCUT2D eigenvalue weighted by Gasteiger charge is -2.13. The van der Waals surface area contributed by atoms with Gasteiger partial charge in [0.05, 0.1) is 6.26 Å². The van der Waals surface area contributed by atoms with E-state index >= 15 is 0 Å². The molecular formula is C23H29IN4O2S. The molecule has 0 aliphatic carbocycles. The summed E-state index contributed by atoms with van der Waals surface area (Å²) >= 11 is 1.76. The van der Waals surface area contributed by atoms with Gasteiger partial charge in [0.1, 0.15) is 5.76 Å². The number of carbonyl (C=O) groups is 1. The Morgan fingerprint density at radius 3 is 2.58 bits per heavy atom. The Hall–Kier alpha value is -2.33. The van der Waals surface area contributed by atoms with Crippen molar-refractivity contribution < 1.29 is 9.21 Å². The molecule has 166 valence electrons. The van der Waals surface area contributed by atoms with Crippen LogP contribution in [0.25, 0.3) is 0 Å². The number of carbonyl (C=O) groups excluding carboxylic acids is 1. The largest absolute Gasteiger partial charge is 0.469 e. The molecule has 0 bridgehead atoms. The van der Waals surface area contributed by atoms with Gasteiger partial charge in [0, 0.05) is 50.0 Å². The fourth-order valence-corrected chi connectivity index (χ4v) is 3.70. The van der Waals surface area contributed by atoms with E-state index in [1.54, 1.807) is 24.6 Å². The first-order valence-corrected chi connectivity index (χ1v) is 11.0. The SMILES string of the molecule is CNC(=O)c1cccc(CCNC(=NCCc2cccs2)NCCc2ccco2)c1.I. The van der Waals surface area contributed by atoms with E-state index in [0.29, 0.717) is 5.56 Å². The van der Waals surface area contributed by atoms with E-state index in [1.165, 1.54) is 4.88 Å². The highest BCUT2D eigenvalue weighted by molar-refractivity contribution is 14.0. The van der Waals surface area contributed by atoms with Crippen molar-refractivity contribution in [3.8, 4) is 0 Å². The zero-order valence-corrected chi connectivity index (χ0v) is 20.7. The molecule has 3 N–H and O–H groups in total. The number of furan rings is 1. The lowest BCUT2D eigenvalue weighted by Crippen LogP contribution is -2.39. The van der Waals surface area contributed by atoms with Gasteiger partial charge in [-0.25, -0.2) is 0 Å². The number of rotatable bonds is 10. The molecule has 0 fully saturated rings. The van der Waals surface area contributed by atoms with Crippen molar-refractivity contribution in [1.82, 2.24) is 16.0 Å². The normalized spacial score (nSPS) is 10.9. The Bertz CT molecular complexity index is 927. The minimum Gasteiger partial charge on any atom is -0.469 e. The summed E-state index contributed by atoms with van der Waals surface area (Å²) in [5.41, 5.74) is 1.79. The molecule has 0 spiro atoms. The molecule has 31 heavy (non-hydrogen) atoms. The van der Waals surface area contributed by atoms with E-state index in [2.05, 4.69) is 33.5 Å². The maximum absolute atomic E-state index is 11.8. The van der Waals surface area contributed by atoms with Gasteiger partial charge in [-0.2, -0.15) is 0 Å². The van der Waals surface area contributed by atoms with E-state index in [1.807, 2.05) is 36.4 Å². The van der Waals surface area contributed by atoms with Crippen LogP contribution < -0.4 is 16.0 Å². The standard InChI is InChI=1S/C23H28N4O2S.HI/c1-24-22(28)19-6-2-5-18(17-19)9-12-25-23(26-13-10-20-7-3-15-29-20)27-14-11-21-8-4-16-30-21;/h2-8,15-17H,9-14H2,1H3,(H,24,28)(H2,25,26,27);1H. The van der Waals surface area contributed by atoms with Crippen molar-refractivity contribution in [2.24, 2.45) is 4.99 Å². The van der Waals surface area contributed by atoms with Gasteiger partial charge in [-0.15, -0.1) is 35.3 Å². The molecule has 2 aromatic heterocycles. The zero-order chi connectivity index (χ0) is 21.0. The van der Waals surface area contributed by atoms with Crippen LogP contribution in [0.4, 0.5) is 0 Å².